The number of rotatable bonds is 6. The van der Waals surface area contributed by atoms with Crippen molar-refractivity contribution in [3.05, 3.63) is 35.4 Å². The number of carbonyl (C=O) groups excluding carboxylic acids is 1. The van der Waals surface area contributed by atoms with E-state index in [0.717, 1.165) is 12.8 Å². The fourth-order valence-corrected chi connectivity index (χ4v) is 2.10. The first-order valence-electron chi connectivity index (χ1n) is 7.66. The molecule has 112 valence electrons. The highest BCUT2D eigenvalue weighted by atomic mass is 16.5. The van der Waals surface area contributed by atoms with Gasteiger partial charge in [-0.25, -0.2) is 4.79 Å². The molecule has 0 saturated carbocycles. The van der Waals surface area contributed by atoms with Crippen molar-refractivity contribution in [1.82, 2.24) is 0 Å². The topological polar surface area (TPSA) is 26.3 Å². The first-order valence-corrected chi connectivity index (χ1v) is 7.66. The summed E-state index contributed by atoms with van der Waals surface area (Å²) in [6.45, 7) is 10.6. The van der Waals surface area contributed by atoms with Crippen molar-refractivity contribution in [3.8, 4) is 0 Å². The van der Waals surface area contributed by atoms with Gasteiger partial charge in [-0.2, -0.15) is 0 Å². The van der Waals surface area contributed by atoms with Gasteiger partial charge >= 0.3 is 5.97 Å². The zero-order valence-corrected chi connectivity index (χ0v) is 13.5. The van der Waals surface area contributed by atoms with Crippen molar-refractivity contribution < 1.29 is 9.53 Å². The summed E-state index contributed by atoms with van der Waals surface area (Å²) < 4.78 is 5.47. The van der Waals surface area contributed by atoms with Crippen LogP contribution in [-0.4, -0.2) is 12.1 Å². The SMILES string of the molecule is CCCCCC(C)OC(=O)c1ccc(C(C)(C)C)cc1. The Morgan fingerprint density at radius 1 is 1.15 bits per heavy atom. The Kier molecular flexibility index (Phi) is 6.25. The zero-order chi connectivity index (χ0) is 15.2. The van der Waals surface area contributed by atoms with E-state index in [9.17, 15) is 4.79 Å². The number of ether oxygens (including phenoxy) is 1. The molecule has 1 aromatic rings. The molecule has 1 atom stereocenters. The number of hydrogen-bond donors (Lipinski definition) is 0. The predicted octanol–water partition coefficient (Wildman–Crippen LogP) is 5.11. The summed E-state index contributed by atoms with van der Waals surface area (Å²) in [5.74, 6) is -0.213. The van der Waals surface area contributed by atoms with Crippen LogP contribution in [0.1, 0.15) is 76.2 Å². The van der Waals surface area contributed by atoms with Crippen molar-refractivity contribution in [2.75, 3.05) is 0 Å². The van der Waals surface area contributed by atoms with Crippen LogP contribution in [0, 0.1) is 0 Å². The highest BCUT2D eigenvalue weighted by Crippen LogP contribution is 2.22. The van der Waals surface area contributed by atoms with Crippen LogP contribution in [0.4, 0.5) is 0 Å². The Morgan fingerprint density at radius 2 is 1.75 bits per heavy atom. The van der Waals surface area contributed by atoms with E-state index in [1.165, 1.54) is 18.4 Å². The normalized spacial score (nSPS) is 13.1. The number of carbonyl (C=O) groups is 1. The van der Waals surface area contributed by atoms with Crippen molar-refractivity contribution in [3.63, 3.8) is 0 Å². The van der Waals surface area contributed by atoms with E-state index in [2.05, 4.69) is 27.7 Å². The van der Waals surface area contributed by atoms with Gasteiger partial charge in [-0.05, 0) is 42.9 Å². The lowest BCUT2D eigenvalue weighted by Gasteiger charge is -2.19. The highest BCUT2D eigenvalue weighted by Gasteiger charge is 2.16. The summed E-state index contributed by atoms with van der Waals surface area (Å²) >= 11 is 0. The maximum atomic E-state index is 12.0. The minimum atomic E-state index is -0.213. The molecule has 0 fully saturated rings. The van der Waals surface area contributed by atoms with E-state index in [0.29, 0.717) is 5.56 Å². The van der Waals surface area contributed by atoms with Gasteiger partial charge in [0.15, 0.2) is 0 Å². The summed E-state index contributed by atoms with van der Waals surface area (Å²) in [5.41, 5.74) is 1.97. The van der Waals surface area contributed by atoms with Crippen molar-refractivity contribution in [1.29, 1.82) is 0 Å². The smallest absolute Gasteiger partial charge is 0.338 e. The molecule has 0 aliphatic carbocycles. The van der Waals surface area contributed by atoms with E-state index in [1.807, 2.05) is 31.2 Å². The molecule has 1 unspecified atom stereocenters. The van der Waals surface area contributed by atoms with E-state index in [1.54, 1.807) is 0 Å². The Balaban J connectivity index is 2.55. The first kappa shape index (κ1) is 16.7. The molecule has 0 bridgehead atoms. The van der Waals surface area contributed by atoms with Crippen LogP contribution in [0.5, 0.6) is 0 Å². The second-order valence-electron chi connectivity index (χ2n) is 6.54. The zero-order valence-electron chi connectivity index (χ0n) is 13.5. The molecule has 0 amide bonds. The fourth-order valence-electron chi connectivity index (χ4n) is 2.10. The summed E-state index contributed by atoms with van der Waals surface area (Å²) in [5, 5.41) is 0. The van der Waals surface area contributed by atoms with Crippen molar-refractivity contribution in [2.24, 2.45) is 0 Å². The third kappa shape index (κ3) is 5.36. The van der Waals surface area contributed by atoms with Gasteiger partial charge in [-0.1, -0.05) is 52.7 Å². The molecule has 20 heavy (non-hydrogen) atoms. The van der Waals surface area contributed by atoms with Gasteiger partial charge in [0.2, 0.25) is 0 Å². The Labute approximate surface area is 123 Å². The van der Waals surface area contributed by atoms with E-state index >= 15 is 0 Å². The first-order chi connectivity index (χ1) is 9.34. The van der Waals surface area contributed by atoms with Crippen molar-refractivity contribution in [2.45, 2.75) is 71.8 Å². The lowest BCUT2D eigenvalue weighted by atomic mass is 9.87. The highest BCUT2D eigenvalue weighted by molar-refractivity contribution is 5.89. The standard InChI is InChI=1S/C18H28O2/c1-6-7-8-9-14(2)20-17(19)15-10-12-16(13-11-15)18(3,4)5/h10-14H,6-9H2,1-5H3. The molecule has 0 saturated heterocycles. The molecule has 0 N–H and O–H groups in total. The summed E-state index contributed by atoms with van der Waals surface area (Å²) in [4.78, 5) is 12.0. The molecule has 1 rings (SSSR count). The molecule has 0 heterocycles. The van der Waals surface area contributed by atoms with E-state index in [4.69, 9.17) is 4.74 Å². The van der Waals surface area contributed by atoms with Crippen LogP contribution in [0.15, 0.2) is 24.3 Å². The number of hydrogen-bond acceptors (Lipinski definition) is 2. The molecule has 0 aliphatic heterocycles. The fraction of sp³-hybridized carbons (Fsp3) is 0.611. The second-order valence-corrected chi connectivity index (χ2v) is 6.54. The van der Waals surface area contributed by atoms with Gasteiger partial charge in [-0.3, -0.25) is 0 Å². The average molecular weight is 276 g/mol. The van der Waals surface area contributed by atoms with Crippen LogP contribution in [0.2, 0.25) is 0 Å². The van der Waals surface area contributed by atoms with E-state index < -0.39 is 0 Å². The lowest BCUT2D eigenvalue weighted by Crippen LogP contribution is -2.16. The Morgan fingerprint density at radius 3 is 2.25 bits per heavy atom. The molecule has 2 nitrogen and oxygen atoms in total. The maximum Gasteiger partial charge on any atom is 0.338 e. The van der Waals surface area contributed by atoms with Gasteiger partial charge in [0, 0.05) is 0 Å². The number of unbranched alkanes of at least 4 members (excludes halogenated alkanes) is 2. The molecule has 2 heteroatoms. The predicted molar refractivity (Wildman–Crippen MR) is 84.2 cm³/mol. The molecular weight excluding hydrogens is 248 g/mol. The third-order valence-corrected chi connectivity index (χ3v) is 3.51. The van der Waals surface area contributed by atoms with Gasteiger partial charge in [0.25, 0.3) is 0 Å². The maximum absolute atomic E-state index is 12.0. The van der Waals surface area contributed by atoms with Gasteiger partial charge in [-0.15, -0.1) is 0 Å². The Hall–Kier alpha value is -1.31. The molecule has 0 radical (unpaired) electrons. The van der Waals surface area contributed by atoms with E-state index in [-0.39, 0.29) is 17.5 Å². The van der Waals surface area contributed by atoms with Gasteiger partial charge in [0.1, 0.15) is 0 Å². The molecule has 1 aromatic carbocycles. The van der Waals surface area contributed by atoms with Gasteiger partial charge < -0.3 is 4.74 Å². The van der Waals surface area contributed by atoms with Gasteiger partial charge in [0.05, 0.1) is 11.7 Å². The monoisotopic (exact) mass is 276 g/mol. The summed E-state index contributed by atoms with van der Waals surface area (Å²) in [6.07, 6.45) is 4.45. The Bertz CT molecular complexity index is 412. The van der Waals surface area contributed by atoms with Crippen LogP contribution in [0.3, 0.4) is 0 Å². The lowest BCUT2D eigenvalue weighted by molar-refractivity contribution is 0.0319. The average Bonchev–Trinajstić information content (AvgIpc) is 2.38. The minimum Gasteiger partial charge on any atom is -0.459 e. The van der Waals surface area contributed by atoms with Crippen molar-refractivity contribution >= 4 is 5.97 Å². The minimum absolute atomic E-state index is 0.00339. The quantitative estimate of drug-likeness (QED) is 0.533. The second kappa shape index (κ2) is 7.47. The molecule has 0 spiro atoms. The number of esters is 1. The third-order valence-electron chi connectivity index (χ3n) is 3.51. The largest absolute Gasteiger partial charge is 0.459 e. The summed E-state index contributed by atoms with van der Waals surface area (Å²) in [7, 11) is 0. The van der Waals surface area contributed by atoms with Crippen LogP contribution in [0.25, 0.3) is 0 Å². The van der Waals surface area contributed by atoms with Crippen LogP contribution < -0.4 is 0 Å². The summed E-state index contributed by atoms with van der Waals surface area (Å²) in [6, 6.07) is 7.75. The van der Waals surface area contributed by atoms with Crippen LogP contribution >= 0.6 is 0 Å². The molecule has 0 aliphatic rings. The molecular formula is C18H28O2. The number of benzene rings is 1. The molecule has 0 aromatic heterocycles. The van der Waals surface area contributed by atoms with Crippen LogP contribution in [-0.2, 0) is 10.2 Å².